The summed E-state index contributed by atoms with van der Waals surface area (Å²) in [5.41, 5.74) is 3.93. The summed E-state index contributed by atoms with van der Waals surface area (Å²) in [6.45, 7) is 2.41. The Bertz CT molecular complexity index is 601. The molecule has 0 atom stereocenters. The summed E-state index contributed by atoms with van der Waals surface area (Å²) in [7, 11) is 0. The molecule has 6 heteroatoms. The minimum Gasteiger partial charge on any atom is -0.492 e. The molecule has 2 aromatic rings. The van der Waals surface area contributed by atoms with Gasteiger partial charge in [-0.05, 0) is 25.1 Å². The van der Waals surface area contributed by atoms with Crippen LogP contribution < -0.4 is 21.3 Å². The Morgan fingerprint density at radius 2 is 2.10 bits per heavy atom. The zero-order valence-electron chi connectivity index (χ0n) is 11.1. The number of carbonyl (C=O) groups excluding carboxylic acids is 1. The minimum atomic E-state index is -0.285. The normalized spacial score (nSPS) is 9.90. The maximum Gasteiger partial charge on any atom is 0.258 e. The predicted molar refractivity (Wildman–Crippen MR) is 77.6 cm³/mol. The number of hydrazine groups is 1. The third kappa shape index (κ3) is 3.04. The second kappa shape index (κ2) is 6.53. The second-order valence-corrected chi connectivity index (χ2v) is 3.95. The van der Waals surface area contributed by atoms with Gasteiger partial charge in [0.05, 0.1) is 29.7 Å². The van der Waals surface area contributed by atoms with Gasteiger partial charge in [0.25, 0.3) is 5.91 Å². The van der Waals surface area contributed by atoms with Gasteiger partial charge in [-0.1, -0.05) is 12.1 Å². The van der Waals surface area contributed by atoms with Gasteiger partial charge in [0.1, 0.15) is 5.75 Å². The Balaban J connectivity index is 2.24. The van der Waals surface area contributed by atoms with Crippen LogP contribution in [-0.2, 0) is 0 Å². The van der Waals surface area contributed by atoms with Gasteiger partial charge in [0, 0.05) is 6.20 Å². The van der Waals surface area contributed by atoms with Crippen molar-refractivity contribution in [2.45, 2.75) is 6.92 Å². The number of carbonyl (C=O) groups is 1. The van der Waals surface area contributed by atoms with E-state index in [-0.39, 0.29) is 5.91 Å². The van der Waals surface area contributed by atoms with E-state index in [0.717, 1.165) is 0 Å². The van der Waals surface area contributed by atoms with E-state index in [2.05, 4.69) is 15.7 Å². The number of nitrogens with two attached hydrogens (primary N) is 1. The number of ether oxygens (including phenoxy) is 1. The highest BCUT2D eigenvalue weighted by Gasteiger charge is 2.13. The average Bonchev–Trinajstić information content (AvgIpc) is 2.49. The summed E-state index contributed by atoms with van der Waals surface area (Å²) in [6.07, 6.45) is 3.02. The molecule has 1 amide bonds. The van der Waals surface area contributed by atoms with Crippen LogP contribution in [0.15, 0.2) is 42.7 Å². The standard InChI is InChI=1S/C14H16N4O2/c1-2-20-13-6-4-3-5-11(13)17-14(19)10-7-8-16-9-12(10)18-15/h3-9,18H,2,15H2,1H3,(H,17,19). The number of benzene rings is 1. The fourth-order valence-electron chi connectivity index (χ4n) is 1.75. The molecular weight excluding hydrogens is 256 g/mol. The number of hydrogen-bond donors (Lipinski definition) is 3. The lowest BCUT2D eigenvalue weighted by molar-refractivity contribution is 0.102. The van der Waals surface area contributed by atoms with Crippen molar-refractivity contribution < 1.29 is 9.53 Å². The van der Waals surface area contributed by atoms with Crippen molar-refractivity contribution in [2.75, 3.05) is 17.3 Å². The van der Waals surface area contributed by atoms with Gasteiger partial charge in [0.15, 0.2) is 0 Å². The minimum absolute atomic E-state index is 0.285. The SMILES string of the molecule is CCOc1ccccc1NC(=O)c1ccncc1NN. The number of rotatable bonds is 5. The fraction of sp³-hybridized carbons (Fsp3) is 0.143. The topological polar surface area (TPSA) is 89.3 Å². The van der Waals surface area contributed by atoms with Crippen LogP contribution in [0.1, 0.15) is 17.3 Å². The van der Waals surface area contributed by atoms with E-state index in [1.165, 1.54) is 12.4 Å². The van der Waals surface area contributed by atoms with Crippen LogP contribution in [-0.4, -0.2) is 17.5 Å². The van der Waals surface area contributed by atoms with Crippen LogP contribution in [0.3, 0.4) is 0 Å². The quantitative estimate of drug-likeness (QED) is 0.572. The number of pyridine rings is 1. The Kier molecular flexibility index (Phi) is 4.52. The van der Waals surface area contributed by atoms with E-state index in [9.17, 15) is 4.79 Å². The molecule has 0 bridgehead atoms. The van der Waals surface area contributed by atoms with Gasteiger partial charge in [-0.25, -0.2) is 0 Å². The van der Waals surface area contributed by atoms with E-state index < -0.39 is 0 Å². The van der Waals surface area contributed by atoms with E-state index in [0.29, 0.717) is 29.3 Å². The maximum atomic E-state index is 12.3. The van der Waals surface area contributed by atoms with Gasteiger partial charge in [0.2, 0.25) is 0 Å². The smallest absolute Gasteiger partial charge is 0.258 e. The molecule has 2 rings (SSSR count). The molecule has 0 aliphatic heterocycles. The van der Waals surface area contributed by atoms with Crippen molar-refractivity contribution in [1.29, 1.82) is 0 Å². The Morgan fingerprint density at radius 3 is 2.85 bits per heavy atom. The van der Waals surface area contributed by atoms with Crippen LogP contribution in [0, 0.1) is 0 Å². The van der Waals surface area contributed by atoms with Gasteiger partial charge in [-0.2, -0.15) is 0 Å². The zero-order chi connectivity index (χ0) is 14.4. The fourth-order valence-corrected chi connectivity index (χ4v) is 1.75. The largest absolute Gasteiger partial charge is 0.492 e. The molecule has 0 radical (unpaired) electrons. The number of amides is 1. The Labute approximate surface area is 116 Å². The van der Waals surface area contributed by atoms with Crippen LogP contribution >= 0.6 is 0 Å². The molecule has 0 saturated carbocycles. The first-order chi connectivity index (χ1) is 9.76. The van der Waals surface area contributed by atoms with Crippen LogP contribution in [0.5, 0.6) is 5.75 Å². The highest BCUT2D eigenvalue weighted by atomic mass is 16.5. The molecule has 0 aliphatic carbocycles. The lowest BCUT2D eigenvalue weighted by Gasteiger charge is -2.12. The molecule has 4 N–H and O–H groups in total. The third-order valence-electron chi connectivity index (χ3n) is 2.66. The number of aromatic nitrogens is 1. The first-order valence-electron chi connectivity index (χ1n) is 6.20. The van der Waals surface area contributed by atoms with Crippen molar-refractivity contribution in [3.05, 3.63) is 48.3 Å². The van der Waals surface area contributed by atoms with Crippen molar-refractivity contribution in [1.82, 2.24) is 4.98 Å². The highest BCUT2D eigenvalue weighted by Crippen LogP contribution is 2.25. The van der Waals surface area contributed by atoms with Crippen molar-refractivity contribution in [2.24, 2.45) is 5.84 Å². The first-order valence-corrected chi connectivity index (χ1v) is 6.20. The highest BCUT2D eigenvalue weighted by molar-refractivity contribution is 6.08. The molecule has 104 valence electrons. The number of nitrogen functional groups attached to an aromatic ring is 1. The number of hydrogen-bond acceptors (Lipinski definition) is 5. The second-order valence-electron chi connectivity index (χ2n) is 3.95. The molecule has 0 fully saturated rings. The lowest BCUT2D eigenvalue weighted by atomic mass is 10.2. The van der Waals surface area contributed by atoms with E-state index in [1.807, 2.05) is 19.1 Å². The van der Waals surface area contributed by atoms with Crippen LogP contribution in [0.2, 0.25) is 0 Å². The molecule has 1 heterocycles. The Hall–Kier alpha value is -2.60. The molecule has 0 unspecified atom stereocenters. The molecule has 20 heavy (non-hydrogen) atoms. The summed E-state index contributed by atoms with van der Waals surface area (Å²) >= 11 is 0. The summed E-state index contributed by atoms with van der Waals surface area (Å²) < 4.78 is 5.46. The summed E-state index contributed by atoms with van der Waals surface area (Å²) in [4.78, 5) is 16.2. The molecular formula is C14H16N4O2. The average molecular weight is 272 g/mol. The van der Waals surface area contributed by atoms with Crippen molar-refractivity contribution in [3.8, 4) is 5.75 Å². The molecule has 0 aliphatic rings. The maximum absolute atomic E-state index is 12.3. The van der Waals surface area contributed by atoms with E-state index >= 15 is 0 Å². The van der Waals surface area contributed by atoms with Crippen LogP contribution in [0.25, 0.3) is 0 Å². The molecule has 0 spiro atoms. The number of nitrogens with zero attached hydrogens (tertiary/aromatic N) is 1. The zero-order valence-corrected chi connectivity index (χ0v) is 11.1. The van der Waals surface area contributed by atoms with E-state index in [1.54, 1.807) is 18.2 Å². The Morgan fingerprint density at radius 1 is 1.30 bits per heavy atom. The van der Waals surface area contributed by atoms with Gasteiger partial charge < -0.3 is 15.5 Å². The first kappa shape index (κ1) is 13.8. The molecule has 0 saturated heterocycles. The molecule has 1 aromatic carbocycles. The van der Waals surface area contributed by atoms with E-state index in [4.69, 9.17) is 10.6 Å². The monoisotopic (exact) mass is 272 g/mol. The van der Waals surface area contributed by atoms with Gasteiger partial charge in [-0.3, -0.25) is 15.6 Å². The third-order valence-corrected chi connectivity index (χ3v) is 2.66. The van der Waals surface area contributed by atoms with Crippen LogP contribution in [0.4, 0.5) is 11.4 Å². The molecule has 6 nitrogen and oxygen atoms in total. The predicted octanol–water partition coefficient (Wildman–Crippen LogP) is 2.02. The number of para-hydroxylation sites is 2. The number of anilines is 2. The van der Waals surface area contributed by atoms with Crippen molar-refractivity contribution in [3.63, 3.8) is 0 Å². The number of nitrogens with one attached hydrogen (secondary N) is 2. The van der Waals surface area contributed by atoms with Crippen molar-refractivity contribution >= 4 is 17.3 Å². The molecule has 1 aromatic heterocycles. The van der Waals surface area contributed by atoms with Gasteiger partial charge in [-0.15, -0.1) is 0 Å². The summed E-state index contributed by atoms with van der Waals surface area (Å²) in [5.74, 6) is 5.70. The summed E-state index contributed by atoms with van der Waals surface area (Å²) in [6, 6.07) is 8.84. The lowest BCUT2D eigenvalue weighted by Crippen LogP contribution is -2.17. The van der Waals surface area contributed by atoms with Gasteiger partial charge >= 0.3 is 0 Å². The summed E-state index contributed by atoms with van der Waals surface area (Å²) in [5, 5.41) is 2.80.